The van der Waals surface area contributed by atoms with E-state index >= 15 is 0 Å². The molecule has 0 aromatic carbocycles. The van der Waals surface area contributed by atoms with Crippen molar-refractivity contribution in [3.8, 4) is 0 Å². The summed E-state index contributed by atoms with van der Waals surface area (Å²) in [6.45, 7) is 5.56. The number of aliphatic hydroxyl groups excluding tert-OH is 1. The summed E-state index contributed by atoms with van der Waals surface area (Å²) in [5.74, 6) is -2.49. The topological polar surface area (TPSA) is 112 Å². The van der Waals surface area contributed by atoms with Crippen molar-refractivity contribution in [3.63, 3.8) is 0 Å². The van der Waals surface area contributed by atoms with Gasteiger partial charge < -0.3 is 15.3 Å². The number of allylic oxidation sites excluding steroid dienone is 6. The molecule has 0 amide bonds. The number of Topliss-reactive ketones (excluding diaryl/α,β-unsaturated/α-hetero) is 3. The van der Waals surface area contributed by atoms with Gasteiger partial charge in [-0.15, -0.1) is 0 Å². The van der Waals surface area contributed by atoms with Crippen LogP contribution < -0.4 is 0 Å². The van der Waals surface area contributed by atoms with Crippen LogP contribution in [0.3, 0.4) is 0 Å². The molecule has 0 aromatic heterocycles. The standard InChI is InChI=1S/C57H104O6/c1-4-7-10-13-16-19-22-25-28-31-34-37-40-43-46-49-53(59)56(62,52-58)57(63,54(60)50-47-44-41-38-35-32-29-26-23-20-17-14-11-8-5-2)55(61)51-48-45-42-39-36-33-30-27-24-21-18-15-12-9-6-3/h17,20,26-27,29-30,58,62-63H,4-16,18-19,21-25,28,31-52H2,1-3H3/b20-17-,29-26-,30-27-. The molecule has 2 unspecified atom stereocenters. The van der Waals surface area contributed by atoms with E-state index in [4.69, 9.17) is 0 Å². The quantitative estimate of drug-likeness (QED) is 0.0319. The lowest BCUT2D eigenvalue weighted by Gasteiger charge is -2.39. The maximum atomic E-state index is 13.8. The highest BCUT2D eigenvalue weighted by atomic mass is 16.4. The van der Waals surface area contributed by atoms with E-state index in [1.54, 1.807) is 0 Å². The van der Waals surface area contributed by atoms with Crippen molar-refractivity contribution in [3.05, 3.63) is 36.5 Å². The fourth-order valence-electron chi connectivity index (χ4n) is 8.70. The Kier molecular flexibility index (Phi) is 43.9. The Hall–Kier alpha value is -1.89. The molecular weight excluding hydrogens is 781 g/mol. The van der Waals surface area contributed by atoms with Crippen molar-refractivity contribution < 1.29 is 29.7 Å². The van der Waals surface area contributed by atoms with Crippen molar-refractivity contribution in [1.29, 1.82) is 0 Å². The summed E-state index contributed by atoms with van der Waals surface area (Å²) in [7, 11) is 0. The van der Waals surface area contributed by atoms with E-state index in [1.807, 2.05) is 0 Å². The molecule has 0 aliphatic rings. The molecule has 0 aliphatic heterocycles. The first-order valence-corrected chi connectivity index (χ1v) is 27.4. The largest absolute Gasteiger partial charge is 0.393 e. The molecule has 3 N–H and O–H groups in total. The van der Waals surface area contributed by atoms with Crippen LogP contribution in [-0.2, 0) is 14.4 Å². The zero-order chi connectivity index (χ0) is 46.4. The molecule has 0 radical (unpaired) electrons. The first-order valence-electron chi connectivity index (χ1n) is 27.4. The molecule has 0 saturated heterocycles. The van der Waals surface area contributed by atoms with Gasteiger partial charge in [0.2, 0.25) is 5.60 Å². The van der Waals surface area contributed by atoms with Crippen LogP contribution in [0, 0.1) is 0 Å². The van der Waals surface area contributed by atoms with Gasteiger partial charge in [0.05, 0.1) is 6.61 Å². The van der Waals surface area contributed by atoms with Crippen LogP contribution in [0.1, 0.15) is 290 Å². The van der Waals surface area contributed by atoms with Gasteiger partial charge in [-0.05, 0) is 77.0 Å². The third kappa shape index (κ3) is 32.4. The van der Waals surface area contributed by atoms with Crippen LogP contribution in [-0.4, -0.2) is 50.5 Å². The zero-order valence-corrected chi connectivity index (χ0v) is 41.9. The fourth-order valence-corrected chi connectivity index (χ4v) is 8.70. The van der Waals surface area contributed by atoms with Crippen molar-refractivity contribution in [2.24, 2.45) is 0 Å². The highest BCUT2D eigenvalue weighted by Crippen LogP contribution is 2.32. The highest BCUT2D eigenvalue weighted by molar-refractivity contribution is 6.16. The molecule has 0 bridgehead atoms. The van der Waals surface area contributed by atoms with Crippen molar-refractivity contribution in [2.75, 3.05) is 6.61 Å². The lowest BCUT2D eigenvalue weighted by atomic mass is 9.71. The van der Waals surface area contributed by atoms with Crippen molar-refractivity contribution in [1.82, 2.24) is 0 Å². The van der Waals surface area contributed by atoms with Crippen LogP contribution in [0.4, 0.5) is 0 Å². The number of carbonyl (C=O) groups is 3. The van der Waals surface area contributed by atoms with E-state index in [0.717, 1.165) is 109 Å². The first kappa shape index (κ1) is 61.1. The minimum atomic E-state index is -2.94. The SMILES string of the molecule is CCCCC/C=C\C/C=C\CCCCCCCC(=O)C(O)(C(=O)CCCCCCC/C=C\CCCCCCCC)C(O)(CO)C(=O)CCCCCCCCCCCCCCCCC. The van der Waals surface area contributed by atoms with Crippen molar-refractivity contribution >= 4 is 17.3 Å². The zero-order valence-electron chi connectivity index (χ0n) is 41.9. The van der Waals surface area contributed by atoms with E-state index in [2.05, 4.69) is 57.2 Å². The average Bonchev–Trinajstić information content (AvgIpc) is 3.29. The Morgan fingerprint density at radius 3 is 0.889 bits per heavy atom. The van der Waals surface area contributed by atoms with E-state index in [0.29, 0.717) is 19.3 Å². The van der Waals surface area contributed by atoms with Gasteiger partial charge in [0.25, 0.3) is 0 Å². The molecule has 368 valence electrons. The second-order valence-electron chi connectivity index (χ2n) is 19.0. The summed E-state index contributed by atoms with van der Waals surface area (Å²) in [5.41, 5.74) is -5.78. The molecule has 0 fully saturated rings. The monoisotopic (exact) mass is 885 g/mol. The summed E-state index contributed by atoms with van der Waals surface area (Å²) in [4.78, 5) is 41.2. The molecule has 0 aromatic rings. The van der Waals surface area contributed by atoms with Crippen molar-refractivity contribution in [2.45, 2.75) is 302 Å². The van der Waals surface area contributed by atoms with Gasteiger partial charge in [0.1, 0.15) is 0 Å². The average molecular weight is 885 g/mol. The van der Waals surface area contributed by atoms with Gasteiger partial charge in [0, 0.05) is 19.3 Å². The summed E-state index contributed by atoms with van der Waals surface area (Å²) in [6, 6.07) is 0. The molecule has 63 heavy (non-hydrogen) atoms. The molecule has 6 nitrogen and oxygen atoms in total. The number of hydrogen-bond acceptors (Lipinski definition) is 6. The summed E-state index contributed by atoms with van der Waals surface area (Å²) >= 11 is 0. The van der Waals surface area contributed by atoms with Crippen LogP contribution in [0.5, 0.6) is 0 Å². The number of aliphatic hydroxyl groups is 3. The molecule has 0 saturated carbocycles. The van der Waals surface area contributed by atoms with E-state index in [1.165, 1.54) is 122 Å². The minimum Gasteiger partial charge on any atom is -0.393 e. The Labute approximate surface area is 390 Å². The fraction of sp³-hybridized carbons (Fsp3) is 0.842. The summed E-state index contributed by atoms with van der Waals surface area (Å²) in [5, 5.41) is 34.1. The van der Waals surface area contributed by atoms with E-state index in [-0.39, 0.29) is 19.3 Å². The highest BCUT2D eigenvalue weighted by Gasteiger charge is 2.62. The van der Waals surface area contributed by atoms with Crippen LogP contribution in [0.15, 0.2) is 36.5 Å². The second-order valence-corrected chi connectivity index (χ2v) is 19.0. The molecule has 0 rings (SSSR count). The van der Waals surface area contributed by atoms with Gasteiger partial charge >= 0.3 is 0 Å². The maximum absolute atomic E-state index is 13.8. The smallest absolute Gasteiger partial charge is 0.219 e. The Morgan fingerprint density at radius 1 is 0.333 bits per heavy atom. The number of hydrogen-bond donors (Lipinski definition) is 3. The molecule has 6 heteroatoms. The minimum absolute atomic E-state index is 0.0880. The van der Waals surface area contributed by atoms with Crippen LogP contribution >= 0.6 is 0 Å². The Bertz CT molecular complexity index is 1140. The van der Waals surface area contributed by atoms with Gasteiger partial charge in [-0.25, -0.2) is 0 Å². The van der Waals surface area contributed by atoms with E-state index < -0.39 is 35.2 Å². The third-order valence-electron chi connectivity index (χ3n) is 13.1. The van der Waals surface area contributed by atoms with Gasteiger partial charge in [0.15, 0.2) is 23.0 Å². The van der Waals surface area contributed by atoms with Crippen LogP contribution in [0.2, 0.25) is 0 Å². The molecule has 2 atom stereocenters. The molecule has 0 spiro atoms. The second kappa shape index (κ2) is 45.3. The van der Waals surface area contributed by atoms with Crippen LogP contribution in [0.25, 0.3) is 0 Å². The predicted molar refractivity (Wildman–Crippen MR) is 270 cm³/mol. The summed E-state index contributed by atoms with van der Waals surface area (Å²) < 4.78 is 0. The normalized spacial score (nSPS) is 14.0. The Morgan fingerprint density at radius 2 is 0.571 bits per heavy atom. The van der Waals surface area contributed by atoms with Gasteiger partial charge in [-0.3, -0.25) is 14.4 Å². The van der Waals surface area contributed by atoms with Gasteiger partial charge in [-0.1, -0.05) is 231 Å². The first-order chi connectivity index (χ1) is 30.8. The Balaban J connectivity index is 4.97. The molecule has 0 aliphatic carbocycles. The lowest BCUT2D eigenvalue weighted by molar-refractivity contribution is -0.194. The molecule has 0 heterocycles. The number of rotatable bonds is 50. The van der Waals surface area contributed by atoms with E-state index in [9.17, 15) is 29.7 Å². The third-order valence-corrected chi connectivity index (χ3v) is 13.1. The number of unbranched alkanes of at least 4 members (excludes halogenated alkanes) is 33. The maximum Gasteiger partial charge on any atom is 0.219 e. The molecular formula is C57H104O6. The number of carbonyl (C=O) groups excluding carboxylic acids is 3. The predicted octanol–water partition coefficient (Wildman–Crippen LogP) is 16.3. The lowest BCUT2D eigenvalue weighted by Crippen LogP contribution is -2.69. The van der Waals surface area contributed by atoms with Gasteiger partial charge in [-0.2, -0.15) is 0 Å². The number of ketones is 3. The summed E-state index contributed by atoms with van der Waals surface area (Å²) in [6.07, 6.45) is 56.3.